The summed E-state index contributed by atoms with van der Waals surface area (Å²) in [6.45, 7) is 1.99. The minimum atomic E-state index is -3.54. The van der Waals surface area contributed by atoms with E-state index in [-0.39, 0.29) is 17.0 Å². The van der Waals surface area contributed by atoms with Crippen LogP contribution in [0.25, 0.3) is 0 Å². The van der Waals surface area contributed by atoms with Gasteiger partial charge in [0.25, 0.3) is 0 Å². The highest BCUT2D eigenvalue weighted by Gasteiger charge is 2.39. The van der Waals surface area contributed by atoms with Crippen molar-refractivity contribution >= 4 is 10.0 Å². The van der Waals surface area contributed by atoms with E-state index in [0.29, 0.717) is 0 Å². The molecule has 1 aromatic carbocycles. The van der Waals surface area contributed by atoms with Crippen LogP contribution in [0.3, 0.4) is 0 Å². The topological polar surface area (TPSA) is 55.2 Å². The van der Waals surface area contributed by atoms with Gasteiger partial charge in [-0.05, 0) is 31.7 Å². The van der Waals surface area contributed by atoms with Crippen molar-refractivity contribution in [1.29, 1.82) is 0 Å². The molecule has 0 spiro atoms. The van der Waals surface area contributed by atoms with Gasteiger partial charge in [0.2, 0.25) is 10.0 Å². The molecule has 1 aliphatic rings. The maximum Gasteiger partial charge on any atom is 0.247 e. The van der Waals surface area contributed by atoms with Gasteiger partial charge in [0, 0.05) is 19.3 Å². The van der Waals surface area contributed by atoms with Crippen LogP contribution in [0.15, 0.2) is 47.6 Å². The number of aromatic nitrogens is 2. The van der Waals surface area contributed by atoms with Crippen molar-refractivity contribution in [1.82, 2.24) is 14.1 Å². The summed E-state index contributed by atoms with van der Waals surface area (Å²) in [5.74, 6) is 0. The van der Waals surface area contributed by atoms with Crippen LogP contribution < -0.4 is 0 Å². The first kappa shape index (κ1) is 15.2. The highest BCUT2D eigenvalue weighted by atomic mass is 32.2. The molecule has 2 heterocycles. The Hall–Kier alpha value is -1.66. The minimum Gasteiger partial charge on any atom is -0.274 e. The van der Waals surface area contributed by atoms with Crippen LogP contribution in [0.2, 0.25) is 0 Å². The van der Waals surface area contributed by atoms with Gasteiger partial charge < -0.3 is 0 Å². The molecule has 5 nitrogen and oxygen atoms in total. The fraction of sp³-hybridized carbons (Fsp3) is 0.438. The Balaban J connectivity index is 2.04. The van der Waals surface area contributed by atoms with E-state index in [1.807, 2.05) is 37.3 Å². The van der Waals surface area contributed by atoms with Gasteiger partial charge in [0.1, 0.15) is 4.90 Å². The second-order valence-corrected chi connectivity index (χ2v) is 7.73. The minimum absolute atomic E-state index is 0.0100. The van der Waals surface area contributed by atoms with E-state index in [4.69, 9.17) is 0 Å². The number of rotatable bonds is 3. The molecule has 2 aromatic rings. The van der Waals surface area contributed by atoms with Gasteiger partial charge in [-0.1, -0.05) is 30.3 Å². The van der Waals surface area contributed by atoms with Crippen LogP contribution in [0, 0.1) is 0 Å². The van der Waals surface area contributed by atoms with Crippen LogP contribution >= 0.6 is 0 Å². The molecule has 1 aromatic heterocycles. The third-order valence-corrected chi connectivity index (χ3v) is 6.26. The molecule has 0 bridgehead atoms. The number of hydrogen-bond acceptors (Lipinski definition) is 3. The quantitative estimate of drug-likeness (QED) is 0.874. The molecular weight excluding hydrogens is 298 g/mol. The van der Waals surface area contributed by atoms with Crippen molar-refractivity contribution in [2.75, 3.05) is 0 Å². The molecule has 118 valence electrons. The summed E-state index contributed by atoms with van der Waals surface area (Å²) in [7, 11) is -1.81. The molecule has 6 heteroatoms. The van der Waals surface area contributed by atoms with Gasteiger partial charge in [0.05, 0.1) is 12.2 Å². The molecule has 0 unspecified atom stereocenters. The molecule has 1 fully saturated rings. The zero-order chi connectivity index (χ0) is 15.7. The number of benzene rings is 1. The van der Waals surface area contributed by atoms with Crippen LogP contribution in [-0.2, 0) is 17.1 Å². The zero-order valence-corrected chi connectivity index (χ0v) is 13.7. The number of nitrogens with zero attached hydrogens (tertiary/aromatic N) is 3. The average Bonchev–Trinajstić information content (AvgIpc) is 2.95. The maximum absolute atomic E-state index is 13.1. The second-order valence-electron chi connectivity index (χ2n) is 5.89. The summed E-state index contributed by atoms with van der Waals surface area (Å²) in [5, 5.41) is 4.01. The molecule has 1 saturated heterocycles. The predicted molar refractivity (Wildman–Crippen MR) is 84.7 cm³/mol. The van der Waals surface area contributed by atoms with Crippen LogP contribution in [-0.4, -0.2) is 28.5 Å². The smallest absolute Gasteiger partial charge is 0.247 e. The van der Waals surface area contributed by atoms with Crippen molar-refractivity contribution < 1.29 is 8.42 Å². The lowest BCUT2D eigenvalue weighted by molar-refractivity contribution is 0.193. The first-order valence-corrected chi connectivity index (χ1v) is 9.01. The average molecular weight is 319 g/mol. The van der Waals surface area contributed by atoms with E-state index in [1.54, 1.807) is 17.5 Å². The number of sulfonamides is 1. The fourth-order valence-corrected chi connectivity index (χ4v) is 5.07. The first-order valence-electron chi connectivity index (χ1n) is 7.57. The van der Waals surface area contributed by atoms with E-state index in [0.717, 1.165) is 24.8 Å². The molecule has 3 rings (SSSR count). The summed E-state index contributed by atoms with van der Waals surface area (Å²) >= 11 is 0. The van der Waals surface area contributed by atoms with Gasteiger partial charge in [-0.15, -0.1) is 0 Å². The van der Waals surface area contributed by atoms with E-state index in [1.165, 1.54) is 10.9 Å². The van der Waals surface area contributed by atoms with Gasteiger partial charge in [-0.2, -0.15) is 9.40 Å². The maximum atomic E-state index is 13.1. The third-order valence-electron chi connectivity index (χ3n) is 4.28. The summed E-state index contributed by atoms with van der Waals surface area (Å²) in [4.78, 5) is 0.268. The summed E-state index contributed by atoms with van der Waals surface area (Å²) < 4.78 is 29.3. The van der Waals surface area contributed by atoms with E-state index >= 15 is 0 Å². The summed E-state index contributed by atoms with van der Waals surface area (Å²) in [6, 6.07) is 9.78. The Labute approximate surface area is 131 Å². The van der Waals surface area contributed by atoms with Crippen molar-refractivity contribution in [3.63, 3.8) is 0 Å². The number of aryl methyl sites for hydroxylation is 1. The molecule has 0 aliphatic carbocycles. The van der Waals surface area contributed by atoms with Crippen LogP contribution in [0.4, 0.5) is 0 Å². The molecule has 0 radical (unpaired) electrons. The van der Waals surface area contributed by atoms with E-state index in [2.05, 4.69) is 5.10 Å². The second kappa shape index (κ2) is 5.85. The Kier molecular flexibility index (Phi) is 4.06. The van der Waals surface area contributed by atoms with Crippen molar-refractivity contribution in [2.24, 2.45) is 7.05 Å². The normalized spacial score (nSPS) is 23.5. The molecule has 0 N–H and O–H groups in total. The van der Waals surface area contributed by atoms with Gasteiger partial charge >= 0.3 is 0 Å². The first-order chi connectivity index (χ1) is 10.5. The van der Waals surface area contributed by atoms with Gasteiger partial charge in [-0.3, -0.25) is 4.68 Å². The zero-order valence-electron chi connectivity index (χ0n) is 12.9. The largest absolute Gasteiger partial charge is 0.274 e. The molecular formula is C16H21N3O2S. The van der Waals surface area contributed by atoms with Gasteiger partial charge in [0.15, 0.2) is 0 Å². The molecule has 22 heavy (non-hydrogen) atoms. The fourth-order valence-electron chi connectivity index (χ4n) is 3.22. The monoisotopic (exact) mass is 319 g/mol. The molecule has 0 saturated carbocycles. The number of piperidine rings is 1. The third kappa shape index (κ3) is 2.68. The molecule has 2 atom stereocenters. The predicted octanol–water partition coefficient (Wildman–Crippen LogP) is 2.72. The SMILES string of the molecule is C[C@H]1CCC[C@H](c2ccccc2)N1S(=O)(=O)c1cnn(C)c1. The lowest BCUT2D eigenvalue weighted by Gasteiger charge is -2.39. The van der Waals surface area contributed by atoms with Crippen molar-refractivity contribution in [3.8, 4) is 0 Å². The van der Waals surface area contributed by atoms with E-state index < -0.39 is 10.0 Å². The summed E-state index contributed by atoms with van der Waals surface area (Å²) in [5.41, 5.74) is 1.06. The van der Waals surface area contributed by atoms with E-state index in [9.17, 15) is 8.42 Å². The Morgan fingerprint density at radius 1 is 1.18 bits per heavy atom. The Bertz CT molecular complexity index is 740. The molecule has 0 amide bonds. The standard InChI is InChI=1S/C16H21N3O2S/c1-13-7-6-10-16(14-8-4-3-5-9-14)19(13)22(20,21)15-11-17-18(2)12-15/h3-5,8-9,11-13,16H,6-7,10H2,1-2H3/t13-,16+/m0/s1. The van der Waals surface area contributed by atoms with Crippen LogP contribution in [0.1, 0.15) is 37.8 Å². The Morgan fingerprint density at radius 3 is 2.55 bits per heavy atom. The Morgan fingerprint density at radius 2 is 1.91 bits per heavy atom. The van der Waals surface area contributed by atoms with Gasteiger partial charge in [-0.25, -0.2) is 8.42 Å². The highest BCUT2D eigenvalue weighted by molar-refractivity contribution is 7.89. The van der Waals surface area contributed by atoms with Crippen LogP contribution in [0.5, 0.6) is 0 Å². The molecule has 1 aliphatic heterocycles. The lowest BCUT2D eigenvalue weighted by atomic mass is 9.94. The van der Waals surface area contributed by atoms with Crippen molar-refractivity contribution in [2.45, 2.75) is 43.2 Å². The summed E-state index contributed by atoms with van der Waals surface area (Å²) in [6.07, 6.45) is 5.79. The van der Waals surface area contributed by atoms with Crippen molar-refractivity contribution in [3.05, 3.63) is 48.3 Å². The highest BCUT2D eigenvalue weighted by Crippen LogP contribution is 2.38. The lowest BCUT2D eigenvalue weighted by Crippen LogP contribution is -2.44. The number of hydrogen-bond donors (Lipinski definition) is 0.